The molecule has 0 spiro atoms. The summed E-state index contributed by atoms with van der Waals surface area (Å²) in [6, 6.07) is 8.74. The van der Waals surface area contributed by atoms with E-state index in [0.717, 1.165) is 5.56 Å². The standard InChI is InChI=1S/C11H15NO2/c1-2-14-8-10(13)11(12)9-6-4-3-5-7-9/h3-7,11H,2,8,12H2,1H3. The van der Waals surface area contributed by atoms with Crippen molar-refractivity contribution < 1.29 is 9.53 Å². The minimum Gasteiger partial charge on any atom is -0.374 e. The highest BCUT2D eigenvalue weighted by atomic mass is 16.5. The van der Waals surface area contributed by atoms with Crippen molar-refractivity contribution in [3.8, 4) is 0 Å². The maximum absolute atomic E-state index is 11.5. The van der Waals surface area contributed by atoms with Crippen LogP contribution in [-0.2, 0) is 9.53 Å². The van der Waals surface area contributed by atoms with Gasteiger partial charge in [-0.2, -0.15) is 0 Å². The summed E-state index contributed by atoms with van der Waals surface area (Å²) in [4.78, 5) is 11.5. The highest BCUT2D eigenvalue weighted by Crippen LogP contribution is 2.10. The van der Waals surface area contributed by atoms with E-state index in [1.54, 1.807) is 0 Å². The van der Waals surface area contributed by atoms with Crippen LogP contribution in [0.4, 0.5) is 0 Å². The summed E-state index contributed by atoms with van der Waals surface area (Å²) in [5, 5.41) is 0. The van der Waals surface area contributed by atoms with Gasteiger partial charge in [-0.3, -0.25) is 4.79 Å². The normalized spacial score (nSPS) is 12.4. The molecule has 1 atom stereocenters. The molecule has 0 saturated carbocycles. The average Bonchev–Trinajstić information content (AvgIpc) is 2.26. The van der Waals surface area contributed by atoms with Crippen molar-refractivity contribution >= 4 is 5.78 Å². The molecule has 1 aromatic carbocycles. The van der Waals surface area contributed by atoms with Gasteiger partial charge < -0.3 is 10.5 Å². The first-order valence-corrected chi connectivity index (χ1v) is 4.66. The van der Waals surface area contributed by atoms with Gasteiger partial charge in [0.1, 0.15) is 6.61 Å². The Hall–Kier alpha value is -1.19. The Kier molecular flexibility index (Phi) is 4.29. The van der Waals surface area contributed by atoms with Crippen LogP contribution < -0.4 is 5.73 Å². The Balaban J connectivity index is 2.57. The summed E-state index contributed by atoms with van der Waals surface area (Å²) in [5.41, 5.74) is 6.58. The molecule has 0 heterocycles. The van der Waals surface area contributed by atoms with Crippen LogP contribution in [0.1, 0.15) is 18.5 Å². The Morgan fingerprint density at radius 3 is 2.64 bits per heavy atom. The molecule has 0 radical (unpaired) electrons. The number of Topliss-reactive ketones (excluding diaryl/α,β-unsaturated/α-hetero) is 1. The third kappa shape index (κ3) is 2.94. The molecule has 1 aromatic rings. The quantitative estimate of drug-likeness (QED) is 0.766. The van der Waals surface area contributed by atoms with Gasteiger partial charge >= 0.3 is 0 Å². The zero-order valence-corrected chi connectivity index (χ0v) is 8.27. The minimum absolute atomic E-state index is 0.0851. The van der Waals surface area contributed by atoms with Crippen molar-refractivity contribution in [2.45, 2.75) is 13.0 Å². The summed E-state index contributed by atoms with van der Waals surface area (Å²) in [7, 11) is 0. The number of ketones is 1. The van der Waals surface area contributed by atoms with Crippen LogP contribution in [0, 0.1) is 0 Å². The Labute approximate surface area is 83.9 Å². The van der Waals surface area contributed by atoms with Crippen molar-refractivity contribution in [2.24, 2.45) is 5.73 Å². The predicted octanol–water partition coefficient (Wildman–Crippen LogP) is 1.29. The van der Waals surface area contributed by atoms with Gasteiger partial charge in [0.2, 0.25) is 0 Å². The van der Waals surface area contributed by atoms with Crippen LogP contribution in [0.25, 0.3) is 0 Å². The Morgan fingerprint density at radius 2 is 2.07 bits per heavy atom. The van der Waals surface area contributed by atoms with Crippen LogP contribution in [-0.4, -0.2) is 19.0 Å². The van der Waals surface area contributed by atoms with Crippen LogP contribution >= 0.6 is 0 Å². The molecule has 76 valence electrons. The minimum atomic E-state index is -0.567. The van der Waals surface area contributed by atoms with E-state index in [1.807, 2.05) is 37.3 Å². The fraction of sp³-hybridized carbons (Fsp3) is 0.364. The van der Waals surface area contributed by atoms with Crippen molar-refractivity contribution in [1.29, 1.82) is 0 Å². The number of benzene rings is 1. The van der Waals surface area contributed by atoms with Crippen molar-refractivity contribution in [3.05, 3.63) is 35.9 Å². The van der Waals surface area contributed by atoms with E-state index in [9.17, 15) is 4.79 Å². The summed E-state index contributed by atoms with van der Waals surface area (Å²) in [6.45, 7) is 2.47. The molecule has 0 bridgehead atoms. The van der Waals surface area contributed by atoms with Crippen LogP contribution in [0.15, 0.2) is 30.3 Å². The van der Waals surface area contributed by atoms with E-state index in [2.05, 4.69) is 0 Å². The fourth-order valence-electron chi connectivity index (χ4n) is 1.14. The molecule has 3 nitrogen and oxygen atoms in total. The Bertz CT molecular complexity index is 285. The van der Waals surface area contributed by atoms with Gasteiger partial charge in [0.25, 0.3) is 0 Å². The predicted molar refractivity (Wildman–Crippen MR) is 54.9 cm³/mol. The number of carbonyl (C=O) groups excluding carboxylic acids is 1. The summed E-state index contributed by atoms with van der Waals surface area (Å²) in [5.74, 6) is -0.0851. The van der Waals surface area contributed by atoms with E-state index in [-0.39, 0.29) is 12.4 Å². The number of hydrogen-bond donors (Lipinski definition) is 1. The van der Waals surface area contributed by atoms with Crippen molar-refractivity contribution in [2.75, 3.05) is 13.2 Å². The lowest BCUT2D eigenvalue weighted by Gasteiger charge is -2.10. The number of rotatable bonds is 5. The van der Waals surface area contributed by atoms with E-state index < -0.39 is 6.04 Å². The van der Waals surface area contributed by atoms with E-state index in [0.29, 0.717) is 6.61 Å². The molecule has 1 rings (SSSR count). The molecular formula is C11H15NO2. The Morgan fingerprint density at radius 1 is 1.43 bits per heavy atom. The molecule has 0 aromatic heterocycles. The molecule has 0 aliphatic carbocycles. The van der Waals surface area contributed by atoms with Crippen molar-refractivity contribution in [3.63, 3.8) is 0 Å². The lowest BCUT2D eigenvalue weighted by molar-refractivity contribution is -0.124. The second-order valence-electron chi connectivity index (χ2n) is 2.99. The highest BCUT2D eigenvalue weighted by molar-refractivity contribution is 5.86. The van der Waals surface area contributed by atoms with Gasteiger partial charge in [-0.05, 0) is 12.5 Å². The number of ether oxygens (including phenoxy) is 1. The summed E-state index contributed by atoms with van der Waals surface area (Å²) < 4.78 is 5.01. The number of carbonyl (C=O) groups is 1. The topological polar surface area (TPSA) is 52.3 Å². The molecule has 0 fully saturated rings. The fourth-order valence-corrected chi connectivity index (χ4v) is 1.14. The maximum atomic E-state index is 11.5. The van der Waals surface area contributed by atoms with E-state index in [1.165, 1.54) is 0 Å². The molecule has 14 heavy (non-hydrogen) atoms. The molecule has 0 amide bonds. The summed E-state index contributed by atoms with van der Waals surface area (Å²) in [6.07, 6.45) is 0. The smallest absolute Gasteiger partial charge is 0.179 e. The van der Waals surface area contributed by atoms with Gasteiger partial charge in [-0.25, -0.2) is 0 Å². The third-order valence-electron chi connectivity index (χ3n) is 1.95. The second-order valence-corrected chi connectivity index (χ2v) is 2.99. The van der Waals surface area contributed by atoms with Gasteiger partial charge in [0.15, 0.2) is 5.78 Å². The monoisotopic (exact) mass is 193 g/mol. The molecule has 0 saturated heterocycles. The zero-order valence-electron chi connectivity index (χ0n) is 8.27. The third-order valence-corrected chi connectivity index (χ3v) is 1.95. The van der Waals surface area contributed by atoms with Gasteiger partial charge in [0, 0.05) is 6.61 Å². The van der Waals surface area contributed by atoms with Gasteiger partial charge in [-0.1, -0.05) is 30.3 Å². The van der Waals surface area contributed by atoms with E-state index >= 15 is 0 Å². The molecule has 2 N–H and O–H groups in total. The number of hydrogen-bond acceptors (Lipinski definition) is 3. The maximum Gasteiger partial charge on any atom is 0.179 e. The van der Waals surface area contributed by atoms with Gasteiger partial charge in [0.05, 0.1) is 6.04 Å². The molecule has 1 unspecified atom stereocenters. The lowest BCUT2D eigenvalue weighted by Crippen LogP contribution is -2.25. The van der Waals surface area contributed by atoms with E-state index in [4.69, 9.17) is 10.5 Å². The lowest BCUT2D eigenvalue weighted by atomic mass is 10.0. The molecule has 0 aliphatic rings. The first kappa shape index (κ1) is 10.9. The first-order chi connectivity index (χ1) is 6.75. The van der Waals surface area contributed by atoms with Crippen LogP contribution in [0.5, 0.6) is 0 Å². The number of nitrogens with two attached hydrogens (primary N) is 1. The molecule has 0 aliphatic heterocycles. The van der Waals surface area contributed by atoms with Crippen LogP contribution in [0.3, 0.4) is 0 Å². The second kappa shape index (κ2) is 5.52. The highest BCUT2D eigenvalue weighted by Gasteiger charge is 2.14. The zero-order chi connectivity index (χ0) is 10.4. The molecular weight excluding hydrogens is 178 g/mol. The largest absolute Gasteiger partial charge is 0.374 e. The van der Waals surface area contributed by atoms with Gasteiger partial charge in [-0.15, -0.1) is 0 Å². The van der Waals surface area contributed by atoms with Crippen molar-refractivity contribution in [1.82, 2.24) is 0 Å². The van der Waals surface area contributed by atoms with Crippen LogP contribution in [0.2, 0.25) is 0 Å². The summed E-state index contributed by atoms with van der Waals surface area (Å²) >= 11 is 0. The first-order valence-electron chi connectivity index (χ1n) is 4.66. The molecule has 3 heteroatoms. The SMILES string of the molecule is CCOCC(=O)C(N)c1ccccc1. The average molecular weight is 193 g/mol.